The van der Waals surface area contributed by atoms with Gasteiger partial charge >= 0.3 is 0 Å². The molecule has 1 heteroatoms. The first-order valence-corrected chi connectivity index (χ1v) is 6.14. The Bertz CT molecular complexity index is 220. The fraction of sp³-hybridized carbons (Fsp3) is 1.00. The highest BCUT2D eigenvalue weighted by atomic mass is 15.3. The van der Waals surface area contributed by atoms with E-state index in [1.54, 1.807) is 0 Å². The topological polar surface area (TPSA) is 3.24 Å². The summed E-state index contributed by atoms with van der Waals surface area (Å²) in [6, 6.07) is 0.850. The van der Waals surface area contributed by atoms with E-state index in [0.29, 0.717) is 5.54 Å². The first kappa shape index (κ1) is 10.5. The Morgan fingerprint density at radius 2 is 1.71 bits per heavy atom. The van der Waals surface area contributed by atoms with E-state index in [1.165, 1.54) is 25.8 Å². The fourth-order valence-electron chi connectivity index (χ4n) is 3.49. The van der Waals surface area contributed by atoms with Gasteiger partial charge in [0.2, 0.25) is 0 Å². The van der Waals surface area contributed by atoms with Gasteiger partial charge in [-0.05, 0) is 57.9 Å². The van der Waals surface area contributed by atoms with Crippen molar-refractivity contribution in [3.63, 3.8) is 0 Å². The third-order valence-electron chi connectivity index (χ3n) is 4.20. The fourth-order valence-corrected chi connectivity index (χ4v) is 3.49. The number of hydrogen-bond donors (Lipinski definition) is 0. The predicted molar refractivity (Wildman–Crippen MR) is 61.4 cm³/mol. The van der Waals surface area contributed by atoms with Crippen molar-refractivity contribution in [3.05, 3.63) is 0 Å². The number of likely N-dealkylation sites (tertiary alicyclic amines) is 1. The summed E-state index contributed by atoms with van der Waals surface area (Å²) < 4.78 is 0. The molecule has 2 aliphatic rings. The highest BCUT2D eigenvalue weighted by Crippen LogP contribution is 2.59. The van der Waals surface area contributed by atoms with Crippen LogP contribution < -0.4 is 0 Å². The van der Waals surface area contributed by atoms with E-state index in [1.807, 2.05) is 0 Å². The van der Waals surface area contributed by atoms with Crippen molar-refractivity contribution in [1.29, 1.82) is 0 Å². The van der Waals surface area contributed by atoms with Crippen LogP contribution >= 0.6 is 0 Å². The Balaban J connectivity index is 2.20. The van der Waals surface area contributed by atoms with E-state index in [-0.39, 0.29) is 0 Å². The molecule has 0 radical (unpaired) electrons. The SMILES string of the molecule is CC(C)C1N(C(C)(C)C)CCC12CC2. The molecule has 1 unspecified atom stereocenters. The Labute approximate surface area is 88.9 Å². The van der Waals surface area contributed by atoms with Gasteiger partial charge < -0.3 is 0 Å². The molecule has 2 rings (SSSR count). The lowest BCUT2D eigenvalue weighted by molar-refractivity contribution is 0.0736. The average Bonchev–Trinajstić information content (AvgIpc) is 2.59. The van der Waals surface area contributed by atoms with Crippen LogP contribution in [0.4, 0.5) is 0 Å². The number of nitrogens with zero attached hydrogens (tertiary/aromatic N) is 1. The summed E-state index contributed by atoms with van der Waals surface area (Å²) in [6.45, 7) is 13.2. The molecule has 0 amide bonds. The van der Waals surface area contributed by atoms with Crippen molar-refractivity contribution in [2.24, 2.45) is 11.3 Å². The molecule has 1 atom stereocenters. The molecule has 82 valence electrons. The summed E-state index contributed by atoms with van der Waals surface area (Å²) in [5, 5.41) is 0. The molecular weight excluding hydrogens is 170 g/mol. The van der Waals surface area contributed by atoms with E-state index >= 15 is 0 Å². The monoisotopic (exact) mass is 195 g/mol. The molecule has 0 bridgehead atoms. The van der Waals surface area contributed by atoms with Crippen LogP contribution in [0.3, 0.4) is 0 Å². The zero-order chi connectivity index (χ0) is 10.6. The zero-order valence-electron chi connectivity index (χ0n) is 10.4. The van der Waals surface area contributed by atoms with Crippen molar-refractivity contribution < 1.29 is 0 Å². The van der Waals surface area contributed by atoms with Crippen LogP contribution in [0.25, 0.3) is 0 Å². The average molecular weight is 195 g/mol. The third kappa shape index (κ3) is 1.50. The quantitative estimate of drug-likeness (QED) is 0.620. The Morgan fingerprint density at radius 1 is 1.14 bits per heavy atom. The molecule has 2 fully saturated rings. The third-order valence-corrected chi connectivity index (χ3v) is 4.20. The van der Waals surface area contributed by atoms with Gasteiger partial charge in [0.05, 0.1) is 0 Å². The van der Waals surface area contributed by atoms with Crippen LogP contribution in [0.1, 0.15) is 53.9 Å². The summed E-state index contributed by atoms with van der Waals surface area (Å²) in [4.78, 5) is 2.75. The predicted octanol–water partition coefficient (Wildman–Crippen LogP) is 3.30. The van der Waals surface area contributed by atoms with Gasteiger partial charge in [0.25, 0.3) is 0 Å². The minimum Gasteiger partial charge on any atom is -0.295 e. The van der Waals surface area contributed by atoms with Gasteiger partial charge in [-0.2, -0.15) is 0 Å². The standard InChI is InChI=1S/C13H25N/c1-10(2)11-13(6-7-13)8-9-14(11)12(3,4)5/h10-11H,6-9H2,1-5H3. The van der Waals surface area contributed by atoms with E-state index in [0.717, 1.165) is 17.4 Å². The van der Waals surface area contributed by atoms with Gasteiger partial charge in [-0.3, -0.25) is 4.90 Å². The minimum atomic E-state index is 0.362. The summed E-state index contributed by atoms with van der Waals surface area (Å²) >= 11 is 0. The van der Waals surface area contributed by atoms with E-state index in [9.17, 15) is 0 Å². The van der Waals surface area contributed by atoms with E-state index in [4.69, 9.17) is 0 Å². The Kier molecular flexibility index (Phi) is 2.23. The Morgan fingerprint density at radius 3 is 2.07 bits per heavy atom. The molecule has 0 aromatic heterocycles. The number of rotatable bonds is 1. The lowest BCUT2D eigenvalue weighted by Gasteiger charge is -2.41. The molecule has 1 saturated carbocycles. The molecule has 1 spiro atoms. The van der Waals surface area contributed by atoms with Crippen LogP contribution in [-0.2, 0) is 0 Å². The van der Waals surface area contributed by atoms with Crippen molar-refractivity contribution in [2.75, 3.05) is 6.54 Å². The van der Waals surface area contributed by atoms with Gasteiger partial charge in [-0.1, -0.05) is 13.8 Å². The molecule has 1 aliphatic carbocycles. The van der Waals surface area contributed by atoms with Gasteiger partial charge in [0.15, 0.2) is 0 Å². The van der Waals surface area contributed by atoms with Gasteiger partial charge in [-0.25, -0.2) is 0 Å². The molecule has 0 aromatic carbocycles. The highest BCUT2D eigenvalue weighted by Gasteiger charge is 2.57. The molecule has 1 aliphatic heterocycles. The summed E-state index contributed by atoms with van der Waals surface area (Å²) in [6.07, 6.45) is 4.43. The largest absolute Gasteiger partial charge is 0.295 e. The second-order valence-electron chi connectivity index (χ2n) is 6.67. The molecule has 1 heterocycles. The van der Waals surface area contributed by atoms with Gasteiger partial charge in [0.1, 0.15) is 0 Å². The second kappa shape index (κ2) is 2.98. The van der Waals surface area contributed by atoms with Gasteiger partial charge in [-0.15, -0.1) is 0 Å². The van der Waals surface area contributed by atoms with Crippen molar-refractivity contribution >= 4 is 0 Å². The smallest absolute Gasteiger partial charge is 0.0180 e. The first-order chi connectivity index (χ1) is 6.37. The zero-order valence-corrected chi connectivity index (χ0v) is 10.4. The lowest BCUT2D eigenvalue weighted by Crippen LogP contribution is -2.48. The molecule has 14 heavy (non-hydrogen) atoms. The molecule has 1 saturated heterocycles. The lowest BCUT2D eigenvalue weighted by atomic mass is 9.87. The number of hydrogen-bond acceptors (Lipinski definition) is 1. The van der Waals surface area contributed by atoms with Crippen LogP contribution in [0.5, 0.6) is 0 Å². The molecule has 1 nitrogen and oxygen atoms in total. The van der Waals surface area contributed by atoms with Crippen molar-refractivity contribution in [1.82, 2.24) is 4.90 Å². The summed E-state index contributed by atoms with van der Waals surface area (Å²) in [5.41, 5.74) is 1.10. The molecular formula is C13H25N. The minimum absolute atomic E-state index is 0.362. The van der Waals surface area contributed by atoms with Crippen LogP contribution in [0, 0.1) is 11.3 Å². The maximum absolute atomic E-state index is 2.75. The van der Waals surface area contributed by atoms with Crippen LogP contribution in [0.2, 0.25) is 0 Å². The first-order valence-electron chi connectivity index (χ1n) is 6.14. The maximum atomic E-state index is 2.75. The summed E-state index contributed by atoms with van der Waals surface area (Å²) in [7, 11) is 0. The normalized spacial score (nSPS) is 31.7. The van der Waals surface area contributed by atoms with Crippen molar-refractivity contribution in [2.45, 2.75) is 65.5 Å². The van der Waals surface area contributed by atoms with Gasteiger partial charge in [0, 0.05) is 11.6 Å². The highest BCUT2D eigenvalue weighted by molar-refractivity contribution is 5.10. The molecule has 0 aromatic rings. The van der Waals surface area contributed by atoms with Crippen LogP contribution in [0.15, 0.2) is 0 Å². The van der Waals surface area contributed by atoms with Crippen molar-refractivity contribution in [3.8, 4) is 0 Å². The second-order valence-corrected chi connectivity index (χ2v) is 6.67. The van der Waals surface area contributed by atoms with E-state index < -0.39 is 0 Å². The Hall–Kier alpha value is -0.0400. The van der Waals surface area contributed by atoms with Crippen LogP contribution in [-0.4, -0.2) is 23.0 Å². The summed E-state index contributed by atoms with van der Waals surface area (Å²) in [5.74, 6) is 0.819. The maximum Gasteiger partial charge on any atom is 0.0180 e. The molecule has 0 N–H and O–H groups in total. The van der Waals surface area contributed by atoms with E-state index in [2.05, 4.69) is 39.5 Å².